The number of benzene rings is 1. The molecule has 86 valence electrons. The van der Waals surface area contributed by atoms with E-state index in [0.29, 0.717) is 5.56 Å². The molecule has 0 bridgehead atoms. The van der Waals surface area contributed by atoms with E-state index in [0.717, 1.165) is 11.3 Å². The Labute approximate surface area is 106 Å². The Morgan fingerprint density at radius 1 is 1.35 bits per heavy atom. The standard InChI is InChI=1S/C14H14N2S/c1-10-5-6-13(12(8-10)9-15)16-11(2)14-4-3-7-17-14/h3-8,11,16H,1-2H3. The van der Waals surface area contributed by atoms with Crippen molar-refractivity contribution in [3.05, 3.63) is 51.7 Å². The van der Waals surface area contributed by atoms with Crippen LogP contribution < -0.4 is 5.32 Å². The van der Waals surface area contributed by atoms with Gasteiger partial charge in [-0.1, -0.05) is 12.1 Å². The lowest BCUT2D eigenvalue weighted by Gasteiger charge is -2.15. The average molecular weight is 242 g/mol. The highest BCUT2D eigenvalue weighted by Crippen LogP contribution is 2.25. The number of rotatable bonds is 3. The lowest BCUT2D eigenvalue weighted by Crippen LogP contribution is -2.06. The second-order valence-corrected chi connectivity index (χ2v) is 5.02. The summed E-state index contributed by atoms with van der Waals surface area (Å²) >= 11 is 1.72. The van der Waals surface area contributed by atoms with Gasteiger partial charge in [0, 0.05) is 4.88 Å². The van der Waals surface area contributed by atoms with Crippen molar-refractivity contribution in [2.75, 3.05) is 5.32 Å². The first-order chi connectivity index (χ1) is 8.20. The molecule has 0 saturated carbocycles. The molecular weight excluding hydrogens is 228 g/mol. The summed E-state index contributed by atoms with van der Waals surface area (Å²) in [6.07, 6.45) is 0. The van der Waals surface area contributed by atoms with Crippen molar-refractivity contribution in [3.8, 4) is 6.07 Å². The molecule has 2 aromatic rings. The molecule has 0 spiro atoms. The normalized spacial score (nSPS) is 11.8. The van der Waals surface area contributed by atoms with Crippen LogP contribution in [0.5, 0.6) is 0 Å². The van der Waals surface area contributed by atoms with E-state index in [4.69, 9.17) is 5.26 Å². The zero-order valence-electron chi connectivity index (χ0n) is 9.90. The molecule has 0 radical (unpaired) electrons. The van der Waals surface area contributed by atoms with Crippen molar-refractivity contribution >= 4 is 17.0 Å². The summed E-state index contributed by atoms with van der Waals surface area (Å²) in [5.74, 6) is 0. The first kappa shape index (κ1) is 11.7. The smallest absolute Gasteiger partial charge is 0.101 e. The summed E-state index contributed by atoms with van der Waals surface area (Å²) in [5.41, 5.74) is 2.71. The quantitative estimate of drug-likeness (QED) is 0.879. The van der Waals surface area contributed by atoms with Gasteiger partial charge in [-0.25, -0.2) is 0 Å². The number of nitriles is 1. The molecule has 1 heterocycles. The van der Waals surface area contributed by atoms with E-state index in [1.165, 1.54) is 4.88 Å². The lowest BCUT2D eigenvalue weighted by molar-refractivity contribution is 0.907. The summed E-state index contributed by atoms with van der Waals surface area (Å²) in [7, 11) is 0. The van der Waals surface area contributed by atoms with E-state index in [1.807, 2.05) is 31.2 Å². The van der Waals surface area contributed by atoms with Crippen molar-refractivity contribution in [1.29, 1.82) is 5.26 Å². The Hall–Kier alpha value is -1.79. The largest absolute Gasteiger partial charge is 0.377 e. The Morgan fingerprint density at radius 3 is 2.82 bits per heavy atom. The Kier molecular flexibility index (Phi) is 3.46. The number of nitrogens with one attached hydrogen (secondary N) is 1. The van der Waals surface area contributed by atoms with Crippen LogP contribution in [-0.2, 0) is 0 Å². The fourth-order valence-electron chi connectivity index (χ4n) is 1.72. The van der Waals surface area contributed by atoms with Gasteiger partial charge in [-0.05, 0) is 43.0 Å². The summed E-state index contributed by atoms with van der Waals surface area (Å²) in [4.78, 5) is 1.27. The first-order valence-electron chi connectivity index (χ1n) is 5.51. The van der Waals surface area contributed by atoms with Crippen molar-refractivity contribution < 1.29 is 0 Å². The number of nitrogens with zero attached hydrogens (tertiary/aromatic N) is 1. The highest BCUT2D eigenvalue weighted by Gasteiger charge is 2.08. The van der Waals surface area contributed by atoms with Crippen LogP contribution in [0.25, 0.3) is 0 Å². The summed E-state index contributed by atoms with van der Waals surface area (Å²) in [6.45, 7) is 4.10. The second-order valence-electron chi connectivity index (χ2n) is 4.04. The van der Waals surface area contributed by atoms with Gasteiger partial charge in [-0.15, -0.1) is 11.3 Å². The predicted molar refractivity (Wildman–Crippen MR) is 72.3 cm³/mol. The van der Waals surface area contributed by atoms with Crippen LogP contribution in [0.2, 0.25) is 0 Å². The fourth-order valence-corrected chi connectivity index (χ4v) is 2.45. The zero-order chi connectivity index (χ0) is 12.3. The number of aryl methyl sites for hydroxylation is 1. The topological polar surface area (TPSA) is 35.8 Å². The van der Waals surface area contributed by atoms with E-state index in [2.05, 4.69) is 29.8 Å². The van der Waals surface area contributed by atoms with Crippen molar-refractivity contribution in [2.24, 2.45) is 0 Å². The molecule has 0 amide bonds. The number of anilines is 1. The summed E-state index contributed by atoms with van der Waals surface area (Å²) < 4.78 is 0. The van der Waals surface area contributed by atoms with Crippen LogP contribution in [0.3, 0.4) is 0 Å². The molecule has 1 N–H and O–H groups in total. The highest BCUT2D eigenvalue weighted by molar-refractivity contribution is 7.10. The highest BCUT2D eigenvalue weighted by atomic mass is 32.1. The summed E-state index contributed by atoms with van der Waals surface area (Å²) in [5, 5.41) is 14.5. The van der Waals surface area contributed by atoms with Crippen LogP contribution in [-0.4, -0.2) is 0 Å². The molecule has 2 rings (SSSR count). The van der Waals surface area contributed by atoms with Gasteiger partial charge < -0.3 is 5.32 Å². The van der Waals surface area contributed by atoms with Crippen LogP contribution >= 0.6 is 11.3 Å². The molecule has 1 unspecified atom stereocenters. The van der Waals surface area contributed by atoms with Crippen LogP contribution in [0, 0.1) is 18.3 Å². The van der Waals surface area contributed by atoms with Gasteiger partial charge in [0.05, 0.1) is 17.3 Å². The first-order valence-corrected chi connectivity index (χ1v) is 6.39. The van der Waals surface area contributed by atoms with Gasteiger partial charge in [-0.3, -0.25) is 0 Å². The minimum absolute atomic E-state index is 0.227. The number of hydrogen-bond donors (Lipinski definition) is 1. The monoisotopic (exact) mass is 242 g/mol. The van der Waals surface area contributed by atoms with Gasteiger partial charge in [0.15, 0.2) is 0 Å². The summed E-state index contributed by atoms with van der Waals surface area (Å²) in [6, 6.07) is 12.5. The van der Waals surface area contributed by atoms with Gasteiger partial charge in [0.25, 0.3) is 0 Å². The molecule has 2 nitrogen and oxygen atoms in total. The molecule has 0 aliphatic heterocycles. The lowest BCUT2D eigenvalue weighted by atomic mass is 10.1. The maximum atomic E-state index is 9.10. The van der Waals surface area contributed by atoms with Crippen LogP contribution in [0.4, 0.5) is 5.69 Å². The zero-order valence-corrected chi connectivity index (χ0v) is 10.7. The Bertz CT molecular complexity index is 538. The SMILES string of the molecule is Cc1ccc(NC(C)c2cccs2)c(C#N)c1. The van der Waals surface area contributed by atoms with E-state index in [-0.39, 0.29) is 6.04 Å². The maximum Gasteiger partial charge on any atom is 0.101 e. The van der Waals surface area contributed by atoms with Gasteiger partial charge in [-0.2, -0.15) is 5.26 Å². The third kappa shape index (κ3) is 2.66. The molecule has 1 aromatic carbocycles. The molecule has 0 aliphatic rings. The minimum atomic E-state index is 0.227. The predicted octanol–water partition coefficient (Wildman–Crippen LogP) is 4.10. The van der Waals surface area contributed by atoms with Crippen molar-refractivity contribution in [3.63, 3.8) is 0 Å². The Morgan fingerprint density at radius 2 is 2.18 bits per heavy atom. The molecule has 0 fully saturated rings. The molecule has 3 heteroatoms. The third-order valence-corrected chi connectivity index (χ3v) is 3.69. The number of thiophene rings is 1. The molecular formula is C14H14N2S. The molecule has 0 saturated heterocycles. The average Bonchev–Trinajstić information content (AvgIpc) is 2.85. The van der Waals surface area contributed by atoms with Gasteiger partial charge in [0.1, 0.15) is 6.07 Å². The van der Waals surface area contributed by atoms with Crippen LogP contribution in [0.1, 0.15) is 29.0 Å². The van der Waals surface area contributed by atoms with E-state index in [9.17, 15) is 0 Å². The van der Waals surface area contributed by atoms with Crippen molar-refractivity contribution in [1.82, 2.24) is 0 Å². The van der Waals surface area contributed by atoms with Gasteiger partial charge in [0.2, 0.25) is 0 Å². The molecule has 1 aromatic heterocycles. The van der Waals surface area contributed by atoms with Crippen LogP contribution in [0.15, 0.2) is 35.7 Å². The number of hydrogen-bond acceptors (Lipinski definition) is 3. The van der Waals surface area contributed by atoms with E-state index < -0.39 is 0 Å². The van der Waals surface area contributed by atoms with E-state index >= 15 is 0 Å². The Balaban J connectivity index is 2.22. The molecule has 1 atom stereocenters. The van der Waals surface area contributed by atoms with Crippen molar-refractivity contribution in [2.45, 2.75) is 19.9 Å². The van der Waals surface area contributed by atoms with Gasteiger partial charge >= 0.3 is 0 Å². The molecule has 0 aliphatic carbocycles. The second kappa shape index (κ2) is 5.03. The maximum absolute atomic E-state index is 9.10. The molecule has 17 heavy (non-hydrogen) atoms. The fraction of sp³-hybridized carbons (Fsp3) is 0.214. The minimum Gasteiger partial charge on any atom is -0.377 e. The third-order valence-electron chi connectivity index (χ3n) is 2.64. The van der Waals surface area contributed by atoms with E-state index in [1.54, 1.807) is 11.3 Å².